The second-order valence-corrected chi connectivity index (χ2v) is 11.3. The van der Waals surface area contributed by atoms with E-state index in [0.717, 1.165) is 36.2 Å². The average molecular weight is 590 g/mol. The van der Waals surface area contributed by atoms with Crippen molar-refractivity contribution in [1.29, 1.82) is 0 Å². The third kappa shape index (κ3) is 6.88. The maximum atomic E-state index is 12.8. The number of imidazole rings is 1. The Bertz CT molecular complexity index is 1580. The number of ether oxygens (including phenoxy) is 1. The second kappa shape index (κ2) is 11.5. The lowest BCUT2D eigenvalue weighted by Gasteiger charge is -2.33. The zero-order chi connectivity index (χ0) is 29.3. The minimum Gasteiger partial charge on any atom is -0.406 e. The second-order valence-electron chi connectivity index (χ2n) is 10.3. The molecule has 2 N–H and O–H groups in total. The van der Waals surface area contributed by atoms with Crippen LogP contribution in [0.3, 0.4) is 0 Å². The van der Waals surface area contributed by atoms with Gasteiger partial charge in [-0.25, -0.2) is 9.97 Å². The van der Waals surface area contributed by atoms with E-state index in [9.17, 15) is 22.8 Å². The summed E-state index contributed by atoms with van der Waals surface area (Å²) in [6.45, 7) is 2.33. The number of nitrogens with zero attached hydrogens (tertiary/aromatic N) is 5. The number of carbonyl (C=O) groups is 2. The fraction of sp³-hybridized carbons (Fsp3) is 0.407. The predicted octanol–water partition coefficient (Wildman–Crippen LogP) is 4.36. The maximum Gasteiger partial charge on any atom is 0.573 e. The van der Waals surface area contributed by atoms with Gasteiger partial charge in [0.1, 0.15) is 5.75 Å². The first kappa shape index (κ1) is 28.6. The van der Waals surface area contributed by atoms with Gasteiger partial charge < -0.3 is 29.7 Å². The van der Waals surface area contributed by atoms with Crippen LogP contribution in [0.1, 0.15) is 23.2 Å². The van der Waals surface area contributed by atoms with E-state index in [2.05, 4.69) is 30.2 Å². The Kier molecular flexibility index (Phi) is 8.04. The number of amides is 2. The van der Waals surface area contributed by atoms with Crippen molar-refractivity contribution >= 4 is 55.5 Å². The number of hydrogen-bond donors (Lipinski definition) is 2. The molecule has 2 aromatic carbocycles. The third-order valence-electron chi connectivity index (χ3n) is 6.95. The van der Waals surface area contributed by atoms with E-state index in [1.54, 1.807) is 34.7 Å². The van der Waals surface area contributed by atoms with Crippen LogP contribution >= 0.6 is 11.3 Å². The number of carbonyl (C=O) groups excluding carboxylic acids is 2. The Morgan fingerprint density at radius 2 is 1.85 bits per heavy atom. The van der Waals surface area contributed by atoms with Crippen molar-refractivity contribution in [2.75, 3.05) is 45.6 Å². The van der Waals surface area contributed by atoms with Crippen molar-refractivity contribution < 1.29 is 27.5 Å². The monoisotopic (exact) mass is 589 g/mol. The highest BCUT2D eigenvalue weighted by Crippen LogP contribution is 2.33. The van der Waals surface area contributed by atoms with Crippen LogP contribution < -0.4 is 15.4 Å². The number of aromatic nitrogens is 3. The Balaban J connectivity index is 1.22. The highest BCUT2D eigenvalue weighted by atomic mass is 32.1. The van der Waals surface area contributed by atoms with Crippen molar-refractivity contribution in [2.24, 2.45) is 13.0 Å². The quantitative estimate of drug-likeness (QED) is 0.315. The summed E-state index contributed by atoms with van der Waals surface area (Å²) in [4.78, 5) is 38.4. The Hall–Kier alpha value is -3.91. The van der Waals surface area contributed by atoms with Gasteiger partial charge >= 0.3 is 6.36 Å². The molecular formula is C27H30F3N7O3S. The number of halogens is 3. The van der Waals surface area contributed by atoms with Crippen LogP contribution in [0.15, 0.2) is 36.4 Å². The number of likely N-dealkylation sites (tertiary alicyclic amines) is 1. The summed E-state index contributed by atoms with van der Waals surface area (Å²) < 4.78 is 44.0. The van der Waals surface area contributed by atoms with E-state index in [0.29, 0.717) is 51.4 Å². The third-order valence-corrected chi connectivity index (χ3v) is 7.88. The van der Waals surface area contributed by atoms with Crippen molar-refractivity contribution in [2.45, 2.75) is 19.2 Å². The molecule has 218 valence electrons. The number of hydrogen-bond acceptors (Lipinski definition) is 8. The number of fused-ring (bicyclic) bond motifs is 2. The molecule has 0 radical (unpaired) electrons. The minimum absolute atomic E-state index is 0.0719. The van der Waals surface area contributed by atoms with Gasteiger partial charge in [-0.3, -0.25) is 9.59 Å². The van der Waals surface area contributed by atoms with Crippen molar-refractivity contribution in [1.82, 2.24) is 29.7 Å². The molecule has 1 fully saturated rings. The molecule has 1 aliphatic heterocycles. The maximum absolute atomic E-state index is 12.8. The average Bonchev–Trinajstić information content (AvgIpc) is 3.45. The smallest absolute Gasteiger partial charge is 0.406 e. The molecule has 2 aromatic heterocycles. The van der Waals surface area contributed by atoms with Gasteiger partial charge in [-0.15, -0.1) is 13.2 Å². The van der Waals surface area contributed by atoms with Gasteiger partial charge in [-0.05, 0) is 63.2 Å². The molecule has 3 heterocycles. The summed E-state index contributed by atoms with van der Waals surface area (Å²) in [5, 5.41) is 6.26. The van der Waals surface area contributed by atoms with Gasteiger partial charge in [0.05, 0.1) is 27.8 Å². The molecule has 10 nitrogen and oxygen atoms in total. The molecule has 5 rings (SSSR count). The number of rotatable bonds is 8. The van der Waals surface area contributed by atoms with Crippen LogP contribution in [0.25, 0.3) is 21.3 Å². The van der Waals surface area contributed by atoms with E-state index in [-0.39, 0.29) is 24.1 Å². The Labute approximate surface area is 238 Å². The number of benzene rings is 2. The predicted molar refractivity (Wildman–Crippen MR) is 150 cm³/mol. The Morgan fingerprint density at radius 1 is 1.10 bits per heavy atom. The summed E-state index contributed by atoms with van der Waals surface area (Å²) in [6.07, 6.45) is -2.87. The fourth-order valence-electron chi connectivity index (χ4n) is 4.96. The zero-order valence-electron chi connectivity index (χ0n) is 22.8. The van der Waals surface area contributed by atoms with Crippen LogP contribution in [0.5, 0.6) is 5.75 Å². The van der Waals surface area contributed by atoms with E-state index in [4.69, 9.17) is 0 Å². The summed E-state index contributed by atoms with van der Waals surface area (Å²) in [5.74, 6) is 0.232. The molecule has 0 spiro atoms. The molecular weight excluding hydrogens is 559 g/mol. The molecule has 4 aromatic rings. The highest BCUT2D eigenvalue weighted by Gasteiger charge is 2.31. The van der Waals surface area contributed by atoms with Crippen LogP contribution in [-0.2, 0) is 11.8 Å². The van der Waals surface area contributed by atoms with Crippen LogP contribution in [0, 0.1) is 5.92 Å². The number of alkyl halides is 3. The number of aryl methyl sites for hydroxylation is 1. The van der Waals surface area contributed by atoms with E-state index in [1.807, 2.05) is 14.1 Å². The van der Waals surface area contributed by atoms with Crippen molar-refractivity contribution in [3.8, 4) is 5.75 Å². The van der Waals surface area contributed by atoms with E-state index in [1.165, 1.54) is 18.2 Å². The lowest BCUT2D eigenvalue weighted by molar-refractivity contribution is -0.274. The molecule has 0 saturated carbocycles. The first-order valence-electron chi connectivity index (χ1n) is 13.1. The zero-order valence-corrected chi connectivity index (χ0v) is 23.6. The lowest BCUT2D eigenvalue weighted by Crippen LogP contribution is -2.45. The number of nitrogens with one attached hydrogen (secondary N) is 2. The van der Waals surface area contributed by atoms with Gasteiger partial charge in [0, 0.05) is 38.3 Å². The van der Waals surface area contributed by atoms with Crippen LogP contribution in [-0.4, -0.2) is 82.8 Å². The first-order valence-corrected chi connectivity index (χ1v) is 13.9. The summed E-state index contributed by atoms with van der Waals surface area (Å²) in [7, 11) is 5.89. The first-order chi connectivity index (χ1) is 19.4. The standard InChI is InChI=1S/C27H30F3N7O3S/c1-35(2)15-16-8-10-37(11-9-16)23(38)14-31-24(39)17-4-7-21-20(12-17)32-25(36(21)3)34-26-33-19-6-5-18(13-22(19)41-26)40-27(28,29)30/h4-7,12-13,16H,8-11,14-15H2,1-3H3,(H,31,39)(H,32,33,34). The molecule has 0 bridgehead atoms. The normalized spacial score (nSPS) is 14.7. The molecule has 0 unspecified atom stereocenters. The van der Waals surface area contributed by atoms with Crippen LogP contribution in [0.4, 0.5) is 24.3 Å². The minimum atomic E-state index is -4.78. The fourth-order valence-corrected chi connectivity index (χ4v) is 5.84. The summed E-state index contributed by atoms with van der Waals surface area (Å²) in [6, 6.07) is 9.02. The van der Waals surface area contributed by atoms with E-state index < -0.39 is 6.36 Å². The van der Waals surface area contributed by atoms with E-state index >= 15 is 0 Å². The molecule has 0 aliphatic carbocycles. The SMILES string of the molecule is CN(C)CC1CCN(C(=O)CNC(=O)c2ccc3c(c2)nc(Nc2nc4ccc(OC(F)(F)F)cc4s2)n3C)CC1. The van der Waals surface area contributed by atoms with Gasteiger partial charge in [-0.1, -0.05) is 11.3 Å². The molecule has 41 heavy (non-hydrogen) atoms. The molecule has 1 aliphatic rings. The number of piperidine rings is 1. The van der Waals surface area contributed by atoms with Crippen molar-refractivity contribution in [3.63, 3.8) is 0 Å². The molecule has 2 amide bonds. The van der Waals surface area contributed by atoms with Gasteiger partial charge in [0.15, 0.2) is 5.13 Å². The Morgan fingerprint density at radius 3 is 2.56 bits per heavy atom. The molecule has 1 saturated heterocycles. The molecule has 0 atom stereocenters. The summed E-state index contributed by atoms with van der Waals surface area (Å²) in [5.41, 5.74) is 2.19. The number of anilines is 2. The summed E-state index contributed by atoms with van der Waals surface area (Å²) >= 11 is 1.16. The number of thiazole rings is 1. The van der Waals surface area contributed by atoms with Crippen LogP contribution in [0.2, 0.25) is 0 Å². The van der Waals surface area contributed by atoms with Gasteiger partial charge in [0.25, 0.3) is 5.91 Å². The van der Waals surface area contributed by atoms with Crippen molar-refractivity contribution in [3.05, 3.63) is 42.0 Å². The highest BCUT2D eigenvalue weighted by molar-refractivity contribution is 7.22. The largest absolute Gasteiger partial charge is 0.573 e. The van der Waals surface area contributed by atoms with Gasteiger partial charge in [-0.2, -0.15) is 0 Å². The van der Waals surface area contributed by atoms with Gasteiger partial charge in [0.2, 0.25) is 11.9 Å². The topological polar surface area (TPSA) is 105 Å². The lowest BCUT2D eigenvalue weighted by atomic mass is 9.96. The molecule has 14 heteroatoms.